The second-order valence-electron chi connectivity index (χ2n) is 8.00. The normalized spacial score (nSPS) is 20.1. The van der Waals surface area contributed by atoms with Gasteiger partial charge in [-0.1, -0.05) is 42.5 Å². The Morgan fingerprint density at radius 1 is 0.935 bits per heavy atom. The van der Waals surface area contributed by atoms with Crippen LogP contribution in [-0.2, 0) is 4.79 Å². The standard InChI is InChI=1S/C26H24N2O3/c1-31-18-8-6-7-16(13-18)17-14-22-25(24(30)15-17)26(19-9-2-5-12-23(19)29)28-21-11-4-3-10-20(21)27-22/h2-13,17,26-29H,14-15H2,1H3. The average molecular weight is 412 g/mol. The molecule has 1 aliphatic heterocycles. The number of methoxy groups -OCH3 is 1. The van der Waals surface area contributed by atoms with Crippen LogP contribution in [0.2, 0.25) is 0 Å². The molecule has 31 heavy (non-hydrogen) atoms. The van der Waals surface area contributed by atoms with Gasteiger partial charge in [0.2, 0.25) is 0 Å². The summed E-state index contributed by atoms with van der Waals surface area (Å²) in [6, 6.07) is 22.6. The van der Waals surface area contributed by atoms with E-state index in [-0.39, 0.29) is 17.5 Å². The lowest BCUT2D eigenvalue weighted by molar-refractivity contribution is -0.116. The number of allylic oxidation sites excluding steroid dienone is 1. The van der Waals surface area contributed by atoms with Crippen LogP contribution in [0, 0.1) is 0 Å². The first-order valence-electron chi connectivity index (χ1n) is 10.4. The molecule has 3 N–H and O–H groups in total. The molecule has 5 rings (SSSR count). The lowest BCUT2D eigenvalue weighted by Gasteiger charge is -2.30. The van der Waals surface area contributed by atoms with Gasteiger partial charge >= 0.3 is 0 Å². The van der Waals surface area contributed by atoms with Crippen LogP contribution in [0.3, 0.4) is 0 Å². The molecule has 0 amide bonds. The van der Waals surface area contributed by atoms with Gasteiger partial charge in [0.05, 0.1) is 24.5 Å². The summed E-state index contributed by atoms with van der Waals surface area (Å²) >= 11 is 0. The highest BCUT2D eigenvalue weighted by Crippen LogP contribution is 2.45. The van der Waals surface area contributed by atoms with E-state index in [1.54, 1.807) is 19.2 Å². The fraction of sp³-hybridized carbons (Fsp3) is 0.192. The van der Waals surface area contributed by atoms with Crippen molar-refractivity contribution in [3.63, 3.8) is 0 Å². The summed E-state index contributed by atoms with van der Waals surface area (Å²) < 4.78 is 5.38. The Bertz CT molecular complexity index is 1180. The number of rotatable bonds is 3. The van der Waals surface area contributed by atoms with Crippen molar-refractivity contribution in [3.8, 4) is 11.5 Å². The number of carbonyl (C=O) groups is 1. The van der Waals surface area contributed by atoms with Gasteiger partial charge in [0.25, 0.3) is 0 Å². The van der Waals surface area contributed by atoms with Gasteiger partial charge in [0, 0.05) is 23.3 Å². The van der Waals surface area contributed by atoms with Crippen LogP contribution in [-0.4, -0.2) is 18.0 Å². The number of nitrogens with one attached hydrogen (secondary N) is 2. The van der Waals surface area contributed by atoms with Gasteiger partial charge in [-0.25, -0.2) is 0 Å². The zero-order chi connectivity index (χ0) is 21.4. The molecule has 156 valence electrons. The largest absolute Gasteiger partial charge is 0.508 e. The summed E-state index contributed by atoms with van der Waals surface area (Å²) in [5.74, 6) is 1.10. The Morgan fingerprint density at radius 2 is 1.71 bits per heavy atom. The van der Waals surface area contributed by atoms with Gasteiger partial charge in [-0.3, -0.25) is 4.79 Å². The maximum atomic E-state index is 13.5. The number of fused-ring (bicyclic) bond motifs is 1. The van der Waals surface area contributed by atoms with Crippen LogP contribution >= 0.6 is 0 Å². The van der Waals surface area contributed by atoms with Crippen molar-refractivity contribution in [1.29, 1.82) is 0 Å². The highest BCUT2D eigenvalue weighted by Gasteiger charge is 2.36. The van der Waals surface area contributed by atoms with Crippen LogP contribution in [0.15, 0.2) is 84.1 Å². The Morgan fingerprint density at radius 3 is 2.52 bits per heavy atom. The summed E-state index contributed by atoms with van der Waals surface area (Å²) in [7, 11) is 1.65. The van der Waals surface area contributed by atoms with E-state index in [9.17, 15) is 9.90 Å². The molecule has 0 saturated heterocycles. The van der Waals surface area contributed by atoms with Crippen LogP contribution in [0.25, 0.3) is 0 Å². The third-order valence-electron chi connectivity index (χ3n) is 6.12. The molecular formula is C26H24N2O3. The molecule has 0 saturated carbocycles. The van der Waals surface area contributed by atoms with Crippen LogP contribution in [0.1, 0.15) is 35.9 Å². The third-order valence-corrected chi connectivity index (χ3v) is 6.12. The number of ether oxygens (including phenoxy) is 1. The Kier molecular flexibility index (Phi) is 4.86. The van der Waals surface area contributed by atoms with E-state index in [1.807, 2.05) is 54.6 Å². The van der Waals surface area contributed by atoms with Crippen molar-refractivity contribution in [1.82, 2.24) is 0 Å². The Balaban J connectivity index is 1.61. The number of phenolic OH excluding ortho intramolecular Hbond substituents is 1. The fourth-order valence-electron chi connectivity index (χ4n) is 4.59. The summed E-state index contributed by atoms with van der Waals surface area (Å²) in [5, 5.41) is 17.6. The van der Waals surface area contributed by atoms with Crippen molar-refractivity contribution in [2.45, 2.75) is 24.8 Å². The summed E-state index contributed by atoms with van der Waals surface area (Å²) in [6.07, 6.45) is 1.12. The van der Waals surface area contributed by atoms with Gasteiger partial charge in [-0.15, -0.1) is 0 Å². The zero-order valence-corrected chi connectivity index (χ0v) is 17.3. The van der Waals surface area contributed by atoms with Crippen molar-refractivity contribution in [2.24, 2.45) is 0 Å². The Hall–Kier alpha value is -3.73. The van der Waals surface area contributed by atoms with Gasteiger partial charge in [0.1, 0.15) is 11.5 Å². The maximum absolute atomic E-state index is 13.5. The number of hydrogen-bond acceptors (Lipinski definition) is 5. The zero-order valence-electron chi connectivity index (χ0n) is 17.3. The van der Waals surface area contributed by atoms with E-state index < -0.39 is 6.04 Å². The number of phenols is 1. The van der Waals surface area contributed by atoms with E-state index in [4.69, 9.17) is 4.74 Å². The number of carbonyl (C=O) groups excluding carboxylic acids is 1. The summed E-state index contributed by atoms with van der Waals surface area (Å²) in [5.41, 5.74) is 5.20. The molecule has 2 unspecified atom stereocenters. The maximum Gasteiger partial charge on any atom is 0.163 e. The second-order valence-corrected chi connectivity index (χ2v) is 8.00. The third kappa shape index (κ3) is 3.52. The number of Topliss-reactive ketones (excluding diaryl/α,β-unsaturated/α-hetero) is 1. The van der Waals surface area contributed by atoms with Crippen molar-refractivity contribution in [3.05, 3.63) is 95.2 Å². The SMILES string of the molecule is COc1cccc(C2CC(=O)C3=C(C2)Nc2ccccc2NC3c2ccccc2O)c1. The molecule has 0 bridgehead atoms. The molecule has 1 aliphatic carbocycles. The molecule has 1 heterocycles. The average Bonchev–Trinajstić information content (AvgIpc) is 2.96. The molecule has 3 aromatic carbocycles. The van der Waals surface area contributed by atoms with Crippen molar-refractivity contribution in [2.75, 3.05) is 17.7 Å². The lowest BCUT2D eigenvalue weighted by atomic mass is 9.78. The number of para-hydroxylation sites is 3. The monoisotopic (exact) mass is 412 g/mol. The van der Waals surface area contributed by atoms with Gasteiger partial charge in [0.15, 0.2) is 5.78 Å². The van der Waals surface area contributed by atoms with Crippen molar-refractivity contribution < 1.29 is 14.6 Å². The molecule has 2 aliphatic rings. The minimum absolute atomic E-state index is 0.0594. The van der Waals surface area contributed by atoms with Crippen LogP contribution < -0.4 is 15.4 Å². The minimum atomic E-state index is -0.425. The molecule has 3 aromatic rings. The molecule has 0 spiro atoms. The molecule has 5 heteroatoms. The molecule has 0 radical (unpaired) electrons. The van der Waals surface area contributed by atoms with Crippen LogP contribution in [0.5, 0.6) is 11.5 Å². The highest BCUT2D eigenvalue weighted by atomic mass is 16.5. The van der Waals surface area contributed by atoms with E-state index in [0.29, 0.717) is 24.0 Å². The molecule has 2 atom stereocenters. The molecule has 0 aromatic heterocycles. The van der Waals surface area contributed by atoms with E-state index in [0.717, 1.165) is 28.4 Å². The van der Waals surface area contributed by atoms with E-state index in [2.05, 4.69) is 16.7 Å². The van der Waals surface area contributed by atoms with Crippen molar-refractivity contribution >= 4 is 17.2 Å². The smallest absolute Gasteiger partial charge is 0.163 e. The fourth-order valence-corrected chi connectivity index (χ4v) is 4.59. The summed E-state index contributed by atoms with van der Waals surface area (Å²) in [6.45, 7) is 0. The minimum Gasteiger partial charge on any atom is -0.508 e. The second kappa shape index (κ2) is 7.84. The summed E-state index contributed by atoms with van der Waals surface area (Å²) in [4.78, 5) is 13.5. The van der Waals surface area contributed by atoms with Gasteiger partial charge in [-0.05, 0) is 48.2 Å². The van der Waals surface area contributed by atoms with Gasteiger partial charge in [-0.2, -0.15) is 0 Å². The lowest BCUT2D eigenvalue weighted by Crippen LogP contribution is -2.26. The number of anilines is 2. The first-order chi connectivity index (χ1) is 15.1. The number of benzene rings is 3. The number of aromatic hydroxyl groups is 1. The quantitative estimate of drug-likeness (QED) is 0.539. The van der Waals surface area contributed by atoms with Crippen LogP contribution in [0.4, 0.5) is 11.4 Å². The van der Waals surface area contributed by atoms with E-state index >= 15 is 0 Å². The number of hydrogen-bond donors (Lipinski definition) is 3. The first-order valence-corrected chi connectivity index (χ1v) is 10.4. The molecule has 0 fully saturated rings. The highest BCUT2D eigenvalue weighted by molar-refractivity contribution is 6.01. The predicted molar refractivity (Wildman–Crippen MR) is 122 cm³/mol. The van der Waals surface area contributed by atoms with Gasteiger partial charge < -0.3 is 20.5 Å². The molecular weight excluding hydrogens is 388 g/mol. The predicted octanol–water partition coefficient (Wildman–Crippen LogP) is 5.38. The Labute approximate surface area is 181 Å². The number of ketones is 1. The topological polar surface area (TPSA) is 70.6 Å². The first kappa shape index (κ1) is 19.2. The molecule has 5 nitrogen and oxygen atoms in total. The van der Waals surface area contributed by atoms with E-state index in [1.165, 1.54) is 0 Å².